The van der Waals surface area contributed by atoms with Gasteiger partial charge in [0, 0.05) is 19.8 Å². The lowest BCUT2D eigenvalue weighted by molar-refractivity contribution is -0.137. The molecule has 1 aromatic heterocycles. The molecule has 2 amide bonds. The summed E-state index contributed by atoms with van der Waals surface area (Å²) >= 11 is 0. The smallest absolute Gasteiger partial charge is 0.325 e. The van der Waals surface area contributed by atoms with Crippen LogP contribution in [0.5, 0.6) is 0 Å². The number of amides is 2. The highest BCUT2D eigenvalue weighted by Crippen LogP contribution is 2.34. The average Bonchev–Trinajstić information content (AvgIpc) is 2.68. The number of hydrogen-bond donors (Lipinski definition) is 3. The number of benzene rings is 2. The van der Waals surface area contributed by atoms with Gasteiger partial charge in [-0.3, -0.25) is 14.4 Å². The molecule has 0 aliphatic carbocycles. The van der Waals surface area contributed by atoms with E-state index in [1.54, 1.807) is 24.3 Å². The third-order valence-corrected chi connectivity index (χ3v) is 4.41. The van der Waals surface area contributed by atoms with Crippen LogP contribution < -0.4 is 16.2 Å². The van der Waals surface area contributed by atoms with Crippen LogP contribution in [0.15, 0.2) is 47.3 Å². The highest BCUT2D eigenvalue weighted by molar-refractivity contribution is 5.99. The maximum atomic E-state index is 13.0. The van der Waals surface area contributed by atoms with Gasteiger partial charge in [-0.2, -0.15) is 13.2 Å². The number of nitrogens with zero attached hydrogens (tertiary/aromatic N) is 1. The van der Waals surface area contributed by atoms with Gasteiger partial charge in [-0.1, -0.05) is 12.1 Å². The van der Waals surface area contributed by atoms with Crippen molar-refractivity contribution in [3.63, 3.8) is 0 Å². The van der Waals surface area contributed by atoms with Crippen LogP contribution in [0.25, 0.3) is 10.9 Å². The number of nitrogens with one attached hydrogen (secondary N) is 3. The number of alkyl halides is 3. The Morgan fingerprint density at radius 3 is 2.52 bits per heavy atom. The van der Waals surface area contributed by atoms with Crippen molar-refractivity contribution in [2.75, 3.05) is 10.6 Å². The molecular weight excluding hydrogens is 413 g/mol. The summed E-state index contributed by atoms with van der Waals surface area (Å²) in [5.41, 5.74) is -0.778. The van der Waals surface area contributed by atoms with Crippen molar-refractivity contribution < 1.29 is 22.8 Å². The molecule has 31 heavy (non-hydrogen) atoms. The number of carbonyl (C=O) groups is 2. The molecule has 1 heterocycles. The standard InChI is InChI=1S/C21H19F3N4O3/c1-12(29)25-16-10-9-13(21(22,23)24)11-17(16)27-19(30)8-4-7-18-26-15-6-3-2-5-14(15)20(31)28-18/h2-3,5-6,9-11H,4,7-8H2,1H3,(H,25,29)(H,27,30)(H,26,28,31). The summed E-state index contributed by atoms with van der Waals surface area (Å²) in [6.07, 6.45) is -4.01. The lowest BCUT2D eigenvalue weighted by Crippen LogP contribution is -2.17. The third kappa shape index (κ3) is 5.68. The molecule has 0 aliphatic rings. The number of aromatic nitrogens is 2. The van der Waals surface area contributed by atoms with Crippen LogP contribution in [0.1, 0.15) is 31.2 Å². The van der Waals surface area contributed by atoms with Crippen molar-refractivity contribution in [2.45, 2.75) is 32.4 Å². The first-order chi connectivity index (χ1) is 14.6. The van der Waals surface area contributed by atoms with E-state index in [1.165, 1.54) is 6.92 Å². The van der Waals surface area contributed by atoms with Crippen molar-refractivity contribution in [2.24, 2.45) is 0 Å². The maximum absolute atomic E-state index is 13.0. The Labute approximate surface area is 174 Å². The van der Waals surface area contributed by atoms with E-state index in [-0.39, 0.29) is 23.4 Å². The molecule has 0 bridgehead atoms. The molecule has 0 saturated carbocycles. The Balaban J connectivity index is 1.68. The Bertz CT molecular complexity index is 1190. The van der Waals surface area contributed by atoms with Gasteiger partial charge in [-0.25, -0.2) is 4.98 Å². The number of hydrogen-bond acceptors (Lipinski definition) is 4. The zero-order valence-corrected chi connectivity index (χ0v) is 16.5. The molecular formula is C21H19F3N4O3. The number of carbonyl (C=O) groups excluding carboxylic acids is 2. The lowest BCUT2D eigenvalue weighted by Gasteiger charge is -2.15. The van der Waals surface area contributed by atoms with E-state index >= 15 is 0 Å². The minimum absolute atomic E-state index is 0.0215. The topological polar surface area (TPSA) is 104 Å². The number of fused-ring (bicyclic) bond motifs is 1. The molecule has 0 unspecified atom stereocenters. The van der Waals surface area contributed by atoms with E-state index in [1.807, 2.05) is 0 Å². The first-order valence-corrected chi connectivity index (χ1v) is 9.40. The van der Waals surface area contributed by atoms with Gasteiger partial charge in [-0.05, 0) is 36.8 Å². The molecule has 0 fully saturated rings. The minimum atomic E-state index is -4.60. The lowest BCUT2D eigenvalue weighted by atomic mass is 10.1. The molecule has 0 radical (unpaired) electrons. The molecule has 10 heteroatoms. The number of halogens is 3. The fourth-order valence-electron chi connectivity index (χ4n) is 3.01. The third-order valence-electron chi connectivity index (χ3n) is 4.41. The van der Waals surface area contributed by atoms with E-state index in [4.69, 9.17) is 0 Å². The second-order valence-electron chi connectivity index (χ2n) is 6.87. The van der Waals surface area contributed by atoms with Crippen molar-refractivity contribution in [3.05, 3.63) is 64.2 Å². The number of H-pyrrole nitrogens is 1. The van der Waals surface area contributed by atoms with Crippen molar-refractivity contribution >= 4 is 34.1 Å². The maximum Gasteiger partial charge on any atom is 0.416 e. The molecule has 162 valence electrons. The predicted molar refractivity (Wildman–Crippen MR) is 110 cm³/mol. The van der Waals surface area contributed by atoms with E-state index in [0.717, 1.165) is 18.2 Å². The van der Waals surface area contributed by atoms with Crippen LogP contribution in [-0.4, -0.2) is 21.8 Å². The van der Waals surface area contributed by atoms with E-state index in [9.17, 15) is 27.6 Å². The van der Waals surface area contributed by atoms with Crippen LogP contribution in [0.2, 0.25) is 0 Å². The normalized spacial score (nSPS) is 11.4. The highest BCUT2D eigenvalue weighted by Gasteiger charge is 2.31. The second kappa shape index (κ2) is 8.99. The monoisotopic (exact) mass is 432 g/mol. The van der Waals surface area contributed by atoms with Crippen molar-refractivity contribution in [1.29, 1.82) is 0 Å². The Kier molecular flexibility index (Phi) is 6.38. The number of aryl methyl sites for hydroxylation is 1. The molecule has 2 aromatic carbocycles. The quantitative estimate of drug-likeness (QED) is 0.550. The van der Waals surface area contributed by atoms with Crippen LogP contribution >= 0.6 is 0 Å². The number of para-hydroxylation sites is 1. The largest absolute Gasteiger partial charge is 0.416 e. The second-order valence-corrected chi connectivity index (χ2v) is 6.87. The van der Waals surface area contributed by atoms with E-state index in [0.29, 0.717) is 29.6 Å². The summed E-state index contributed by atoms with van der Waals surface area (Å²) < 4.78 is 39.0. The average molecular weight is 432 g/mol. The van der Waals surface area contributed by atoms with Gasteiger partial charge < -0.3 is 15.6 Å². The van der Waals surface area contributed by atoms with Gasteiger partial charge in [0.05, 0.1) is 27.8 Å². The SMILES string of the molecule is CC(=O)Nc1ccc(C(F)(F)F)cc1NC(=O)CCCc1nc2ccccc2c(=O)[nH]1. The molecule has 0 spiro atoms. The summed E-state index contributed by atoms with van der Waals surface area (Å²) in [7, 11) is 0. The minimum Gasteiger partial charge on any atom is -0.325 e. The van der Waals surface area contributed by atoms with Gasteiger partial charge in [0.15, 0.2) is 0 Å². The summed E-state index contributed by atoms with van der Waals surface area (Å²) in [6.45, 7) is 1.21. The number of anilines is 2. The summed E-state index contributed by atoms with van der Waals surface area (Å²) in [4.78, 5) is 42.7. The van der Waals surface area contributed by atoms with E-state index < -0.39 is 23.6 Å². The summed E-state index contributed by atoms with van der Waals surface area (Å²) in [6, 6.07) is 9.52. The van der Waals surface area contributed by atoms with Gasteiger partial charge in [0.25, 0.3) is 5.56 Å². The van der Waals surface area contributed by atoms with Crippen molar-refractivity contribution in [3.8, 4) is 0 Å². The molecule has 0 aliphatic heterocycles. The first kappa shape index (κ1) is 22.0. The number of rotatable bonds is 6. The Hall–Kier alpha value is -3.69. The van der Waals surface area contributed by atoms with Gasteiger partial charge >= 0.3 is 6.18 Å². The number of aromatic amines is 1. The molecule has 0 saturated heterocycles. The van der Waals surface area contributed by atoms with Gasteiger partial charge in [-0.15, -0.1) is 0 Å². The fraction of sp³-hybridized carbons (Fsp3) is 0.238. The van der Waals surface area contributed by atoms with Crippen LogP contribution in [0.3, 0.4) is 0 Å². The Morgan fingerprint density at radius 2 is 1.81 bits per heavy atom. The molecule has 0 atom stereocenters. The molecule has 3 N–H and O–H groups in total. The van der Waals surface area contributed by atoms with Gasteiger partial charge in [0.2, 0.25) is 11.8 Å². The van der Waals surface area contributed by atoms with Crippen LogP contribution in [0.4, 0.5) is 24.5 Å². The zero-order chi connectivity index (χ0) is 22.6. The summed E-state index contributed by atoms with van der Waals surface area (Å²) in [5.74, 6) is -0.606. The highest BCUT2D eigenvalue weighted by atomic mass is 19.4. The fourth-order valence-corrected chi connectivity index (χ4v) is 3.01. The van der Waals surface area contributed by atoms with Crippen LogP contribution in [0, 0.1) is 0 Å². The molecule has 3 aromatic rings. The predicted octanol–water partition coefficient (Wildman–Crippen LogP) is 3.86. The van der Waals surface area contributed by atoms with Gasteiger partial charge in [0.1, 0.15) is 5.82 Å². The molecule has 7 nitrogen and oxygen atoms in total. The first-order valence-electron chi connectivity index (χ1n) is 9.40. The van der Waals surface area contributed by atoms with Crippen molar-refractivity contribution in [1.82, 2.24) is 9.97 Å². The molecule has 3 rings (SSSR count). The zero-order valence-electron chi connectivity index (χ0n) is 16.5. The summed E-state index contributed by atoms with van der Waals surface area (Å²) in [5, 5.41) is 5.26. The van der Waals surface area contributed by atoms with Crippen LogP contribution in [-0.2, 0) is 22.2 Å². The van der Waals surface area contributed by atoms with E-state index in [2.05, 4.69) is 20.6 Å². The Morgan fingerprint density at radius 1 is 1.06 bits per heavy atom.